The van der Waals surface area contributed by atoms with Crippen molar-refractivity contribution in [2.75, 3.05) is 38.2 Å². The normalized spacial score (nSPS) is 14.7. The maximum absolute atomic E-state index is 12.8. The van der Waals surface area contributed by atoms with Gasteiger partial charge in [0, 0.05) is 13.1 Å². The standard InChI is InChI=1S/C19H21N3O7S2/c1-12-2-3-13(31(26,27)22-5-7-28-8-6-22)10-15(12)19(25)29-11-16(23)21-18-14(17(20)24)4-9-30-18/h2-4,9-10H,5-8,11H2,1H3,(H2,20,24)(H,21,23). The molecule has 1 saturated heterocycles. The summed E-state index contributed by atoms with van der Waals surface area (Å²) >= 11 is 1.10. The number of hydrogen-bond acceptors (Lipinski definition) is 8. The Morgan fingerprint density at radius 1 is 1.19 bits per heavy atom. The minimum Gasteiger partial charge on any atom is -0.452 e. The predicted octanol–water partition coefficient (Wildman–Crippen LogP) is 0.972. The van der Waals surface area contributed by atoms with E-state index in [-0.39, 0.29) is 34.1 Å². The molecule has 0 radical (unpaired) electrons. The smallest absolute Gasteiger partial charge is 0.338 e. The molecule has 12 heteroatoms. The number of hydrogen-bond donors (Lipinski definition) is 2. The van der Waals surface area contributed by atoms with Crippen molar-refractivity contribution in [3.8, 4) is 0 Å². The Morgan fingerprint density at radius 3 is 2.58 bits per heavy atom. The molecule has 2 amide bonds. The van der Waals surface area contributed by atoms with Crippen LogP contribution in [0.15, 0.2) is 34.5 Å². The number of carbonyl (C=O) groups is 3. The molecule has 1 aliphatic rings. The third-order valence-electron chi connectivity index (χ3n) is 4.55. The van der Waals surface area contributed by atoms with Crippen molar-refractivity contribution in [1.29, 1.82) is 0 Å². The van der Waals surface area contributed by atoms with Crippen LogP contribution < -0.4 is 11.1 Å². The van der Waals surface area contributed by atoms with Crippen LogP contribution in [0.25, 0.3) is 0 Å². The molecular weight excluding hydrogens is 446 g/mol. The number of ether oxygens (including phenoxy) is 2. The van der Waals surface area contributed by atoms with E-state index in [4.69, 9.17) is 15.2 Å². The summed E-state index contributed by atoms with van der Waals surface area (Å²) < 4.78 is 37.2. The number of morpholine rings is 1. The molecule has 166 valence electrons. The van der Waals surface area contributed by atoms with E-state index in [1.165, 1.54) is 28.6 Å². The van der Waals surface area contributed by atoms with Gasteiger partial charge in [0.2, 0.25) is 10.0 Å². The number of sulfonamides is 1. The highest BCUT2D eigenvalue weighted by Crippen LogP contribution is 2.23. The van der Waals surface area contributed by atoms with E-state index in [0.717, 1.165) is 11.3 Å². The zero-order valence-electron chi connectivity index (χ0n) is 16.6. The first kappa shape index (κ1) is 22.9. The number of nitrogens with zero attached hydrogens (tertiary/aromatic N) is 1. The second kappa shape index (κ2) is 9.56. The highest BCUT2D eigenvalue weighted by atomic mass is 32.2. The van der Waals surface area contributed by atoms with Crippen LogP contribution in [0.3, 0.4) is 0 Å². The molecule has 2 aromatic rings. The summed E-state index contributed by atoms with van der Waals surface area (Å²) in [6, 6.07) is 5.64. The number of thiophene rings is 1. The van der Waals surface area contributed by atoms with Crippen LogP contribution in [0, 0.1) is 6.92 Å². The van der Waals surface area contributed by atoms with E-state index in [9.17, 15) is 22.8 Å². The number of amides is 2. The zero-order chi connectivity index (χ0) is 22.6. The van der Waals surface area contributed by atoms with Crippen molar-refractivity contribution in [1.82, 2.24) is 4.31 Å². The second-order valence-corrected chi connectivity index (χ2v) is 9.50. The van der Waals surface area contributed by atoms with Gasteiger partial charge in [-0.25, -0.2) is 13.2 Å². The van der Waals surface area contributed by atoms with Crippen LogP contribution in [0.2, 0.25) is 0 Å². The van der Waals surface area contributed by atoms with Gasteiger partial charge in [-0.05, 0) is 36.1 Å². The van der Waals surface area contributed by atoms with Crippen molar-refractivity contribution in [2.24, 2.45) is 5.73 Å². The number of primary amides is 1. The minimum absolute atomic E-state index is 0.0380. The van der Waals surface area contributed by atoms with Gasteiger partial charge >= 0.3 is 5.97 Å². The fourth-order valence-electron chi connectivity index (χ4n) is 2.89. The van der Waals surface area contributed by atoms with Crippen molar-refractivity contribution in [3.63, 3.8) is 0 Å². The fourth-order valence-corrected chi connectivity index (χ4v) is 5.13. The summed E-state index contributed by atoms with van der Waals surface area (Å²) in [6.45, 7) is 2.08. The maximum atomic E-state index is 12.8. The van der Waals surface area contributed by atoms with Crippen LogP contribution in [0.5, 0.6) is 0 Å². The Labute approximate surface area is 183 Å². The summed E-state index contributed by atoms with van der Waals surface area (Å²) in [5.41, 5.74) is 5.92. The second-order valence-electron chi connectivity index (χ2n) is 6.65. The number of nitrogens with one attached hydrogen (secondary N) is 1. The van der Waals surface area contributed by atoms with Gasteiger partial charge in [0.05, 0.1) is 29.2 Å². The lowest BCUT2D eigenvalue weighted by atomic mass is 10.1. The lowest BCUT2D eigenvalue weighted by Crippen LogP contribution is -2.40. The maximum Gasteiger partial charge on any atom is 0.338 e. The Kier molecular flexibility index (Phi) is 7.05. The molecule has 1 aromatic heterocycles. The average molecular weight is 468 g/mol. The molecule has 1 fully saturated rings. The Hall–Kier alpha value is -2.80. The lowest BCUT2D eigenvalue weighted by molar-refractivity contribution is -0.119. The molecule has 3 rings (SSSR count). The topological polar surface area (TPSA) is 145 Å². The Balaban J connectivity index is 1.68. The number of rotatable bonds is 7. The molecule has 1 aliphatic heterocycles. The molecule has 2 heterocycles. The first-order valence-corrected chi connectivity index (χ1v) is 11.5. The first-order valence-electron chi connectivity index (χ1n) is 9.23. The van der Waals surface area contributed by atoms with Crippen molar-refractivity contribution < 1.29 is 32.3 Å². The number of aryl methyl sites for hydroxylation is 1. The van der Waals surface area contributed by atoms with Crippen LogP contribution in [0.1, 0.15) is 26.3 Å². The van der Waals surface area contributed by atoms with E-state index in [2.05, 4.69) is 5.32 Å². The number of esters is 1. The van der Waals surface area contributed by atoms with Crippen LogP contribution in [-0.2, 0) is 24.3 Å². The van der Waals surface area contributed by atoms with Crippen LogP contribution in [-0.4, -0.2) is 63.4 Å². The van der Waals surface area contributed by atoms with Gasteiger partial charge in [-0.2, -0.15) is 4.31 Å². The molecule has 31 heavy (non-hydrogen) atoms. The molecule has 10 nitrogen and oxygen atoms in total. The van der Waals surface area contributed by atoms with Gasteiger partial charge < -0.3 is 20.5 Å². The summed E-state index contributed by atoms with van der Waals surface area (Å²) in [5, 5.41) is 4.30. The molecule has 1 aromatic carbocycles. The molecule has 0 bridgehead atoms. The predicted molar refractivity (Wildman–Crippen MR) is 113 cm³/mol. The zero-order valence-corrected chi connectivity index (χ0v) is 18.3. The van der Waals surface area contributed by atoms with Crippen LogP contribution in [0.4, 0.5) is 5.00 Å². The summed E-state index contributed by atoms with van der Waals surface area (Å²) in [4.78, 5) is 35.9. The number of carbonyl (C=O) groups excluding carboxylic acids is 3. The largest absolute Gasteiger partial charge is 0.452 e. The fraction of sp³-hybridized carbons (Fsp3) is 0.316. The molecule has 0 spiro atoms. The van der Waals surface area contributed by atoms with Crippen molar-refractivity contribution in [2.45, 2.75) is 11.8 Å². The van der Waals surface area contributed by atoms with Gasteiger partial charge in [0.1, 0.15) is 5.00 Å². The van der Waals surface area contributed by atoms with E-state index >= 15 is 0 Å². The molecular formula is C19H21N3O7S2. The van der Waals surface area contributed by atoms with Crippen molar-refractivity contribution in [3.05, 3.63) is 46.3 Å². The molecule has 0 atom stereocenters. The van der Waals surface area contributed by atoms with Crippen LogP contribution >= 0.6 is 11.3 Å². The van der Waals surface area contributed by atoms with Gasteiger partial charge in [-0.3, -0.25) is 9.59 Å². The molecule has 0 aliphatic carbocycles. The van der Waals surface area contributed by atoms with E-state index in [1.54, 1.807) is 12.3 Å². The molecule has 0 saturated carbocycles. The van der Waals surface area contributed by atoms with Gasteiger partial charge in [-0.15, -0.1) is 11.3 Å². The van der Waals surface area contributed by atoms with Crippen molar-refractivity contribution >= 4 is 44.1 Å². The highest BCUT2D eigenvalue weighted by Gasteiger charge is 2.27. The van der Waals surface area contributed by atoms with E-state index in [0.29, 0.717) is 18.8 Å². The van der Waals surface area contributed by atoms with E-state index in [1.807, 2.05) is 0 Å². The Morgan fingerprint density at radius 2 is 1.90 bits per heavy atom. The summed E-state index contributed by atoms with van der Waals surface area (Å²) in [5.74, 6) is -2.19. The summed E-state index contributed by atoms with van der Waals surface area (Å²) in [6.07, 6.45) is 0. The first-order chi connectivity index (χ1) is 14.7. The lowest BCUT2D eigenvalue weighted by Gasteiger charge is -2.26. The van der Waals surface area contributed by atoms with E-state index < -0.39 is 34.4 Å². The molecule has 0 unspecified atom stereocenters. The third kappa shape index (κ3) is 5.28. The highest BCUT2D eigenvalue weighted by molar-refractivity contribution is 7.89. The summed E-state index contributed by atoms with van der Waals surface area (Å²) in [7, 11) is -3.79. The van der Waals surface area contributed by atoms with Gasteiger partial charge in [-0.1, -0.05) is 6.07 Å². The monoisotopic (exact) mass is 467 g/mol. The number of nitrogens with two attached hydrogens (primary N) is 1. The third-order valence-corrected chi connectivity index (χ3v) is 7.28. The Bertz CT molecular complexity index is 1110. The number of benzene rings is 1. The average Bonchev–Trinajstić information content (AvgIpc) is 3.21. The minimum atomic E-state index is -3.79. The number of anilines is 1. The quantitative estimate of drug-likeness (QED) is 0.577. The molecule has 3 N–H and O–H groups in total. The SMILES string of the molecule is Cc1ccc(S(=O)(=O)N2CCOCC2)cc1C(=O)OCC(=O)Nc1sccc1C(N)=O. The van der Waals surface area contributed by atoms with Gasteiger partial charge in [0.15, 0.2) is 6.61 Å². The van der Waals surface area contributed by atoms with Gasteiger partial charge in [0.25, 0.3) is 11.8 Å².